The van der Waals surface area contributed by atoms with E-state index >= 15 is 0 Å². The van der Waals surface area contributed by atoms with Crippen LogP contribution in [0.5, 0.6) is 11.9 Å². The van der Waals surface area contributed by atoms with Gasteiger partial charge in [-0.2, -0.15) is 4.98 Å². The minimum atomic E-state index is -3.84. The van der Waals surface area contributed by atoms with Gasteiger partial charge >= 0.3 is 6.01 Å². The largest absolute Gasteiger partial charge is 0.476 e. The summed E-state index contributed by atoms with van der Waals surface area (Å²) in [5.74, 6) is 0.0940. The summed E-state index contributed by atoms with van der Waals surface area (Å²) < 4.78 is 37.7. The van der Waals surface area contributed by atoms with Crippen LogP contribution in [0.4, 0.5) is 5.69 Å². The fourth-order valence-electron chi connectivity index (χ4n) is 1.70. The van der Waals surface area contributed by atoms with Crippen molar-refractivity contribution in [2.75, 3.05) is 17.9 Å². The highest BCUT2D eigenvalue weighted by Crippen LogP contribution is 2.26. The Morgan fingerprint density at radius 1 is 1.22 bits per heavy atom. The molecule has 0 fully saturated rings. The number of nitrogens with zero attached hydrogens (tertiary/aromatic N) is 2. The van der Waals surface area contributed by atoms with Gasteiger partial charge in [-0.15, -0.1) is 0 Å². The third-order valence-electron chi connectivity index (χ3n) is 2.64. The molecule has 1 aromatic heterocycles. The Morgan fingerprint density at radius 2 is 1.96 bits per heavy atom. The Balaban J connectivity index is 2.34. The highest BCUT2D eigenvalue weighted by Gasteiger charge is 2.19. The first kappa shape index (κ1) is 17.3. The predicted octanol–water partition coefficient (Wildman–Crippen LogP) is 2.73. The second-order valence-corrected chi connectivity index (χ2v) is 6.42. The van der Waals surface area contributed by atoms with Crippen molar-refractivity contribution in [2.24, 2.45) is 0 Å². The molecule has 0 unspecified atom stereocenters. The monoisotopic (exact) mass is 357 g/mol. The fraction of sp³-hybridized carbons (Fsp3) is 0.286. The summed E-state index contributed by atoms with van der Waals surface area (Å²) in [6.07, 6.45) is 1.30. The number of aromatic nitrogens is 2. The van der Waals surface area contributed by atoms with E-state index < -0.39 is 10.0 Å². The highest BCUT2D eigenvalue weighted by atomic mass is 35.5. The van der Waals surface area contributed by atoms with Gasteiger partial charge in [-0.25, -0.2) is 13.4 Å². The zero-order valence-corrected chi connectivity index (χ0v) is 14.2. The Morgan fingerprint density at radius 3 is 2.61 bits per heavy atom. The molecule has 0 atom stereocenters. The summed E-state index contributed by atoms with van der Waals surface area (Å²) in [6.45, 7) is 4.25. The van der Waals surface area contributed by atoms with Crippen molar-refractivity contribution in [1.82, 2.24) is 9.97 Å². The smallest absolute Gasteiger partial charge is 0.319 e. The van der Waals surface area contributed by atoms with E-state index in [-0.39, 0.29) is 22.5 Å². The summed E-state index contributed by atoms with van der Waals surface area (Å²) in [7, 11) is -3.84. The van der Waals surface area contributed by atoms with Crippen LogP contribution >= 0.6 is 11.6 Å². The van der Waals surface area contributed by atoms with Gasteiger partial charge in [-0.05, 0) is 32.0 Å². The van der Waals surface area contributed by atoms with Crippen LogP contribution in [0.15, 0.2) is 35.4 Å². The van der Waals surface area contributed by atoms with Crippen LogP contribution in [-0.4, -0.2) is 31.6 Å². The van der Waals surface area contributed by atoms with Gasteiger partial charge in [0.25, 0.3) is 10.0 Å². The average Bonchev–Trinajstić information content (AvgIpc) is 2.50. The molecule has 0 saturated carbocycles. The van der Waals surface area contributed by atoms with Crippen molar-refractivity contribution in [3.63, 3.8) is 0 Å². The molecule has 0 radical (unpaired) electrons. The molecule has 9 heteroatoms. The number of ether oxygens (including phenoxy) is 2. The summed E-state index contributed by atoms with van der Waals surface area (Å²) in [4.78, 5) is 8.01. The maximum atomic E-state index is 12.4. The number of hydrogen-bond acceptors (Lipinski definition) is 6. The summed E-state index contributed by atoms with van der Waals surface area (Å²) in [5.41, 5.74) is 0.121. The molecule has 0 saturated heterocycles. The van der Waals surface area contributed by atoms with Crippen molar-refractivity contribution in [3.05, 3.63) is 35.5 Å². The van der Waals surface area contributed by atoms with E-state index in [1.165, 1.54) is 18.3 Å². The van der Waals surface area contributed by atoms with Crippen LogP contribution in [-0.2, 0) is 10.0 Å². The number of sulfonamides is 1. The number of halogens is 1. The quantitative estimate of drug-likeness (QED) is 0.819. The Labute approximate surface area is 139 Å². The van der Waals surface area contributed by atoms with Crippen molar-refractivity contribution in [1.29, 1.82) is 0 Å². The standard InChI is InChI=1S/C14H16ClN3O4S/c1-3-21-13-12(9-16-14(17-13)22-4-2)18-23(19,20)11-7-5-6-10(15)8-11/h5-9,18H,3-4H2,1-2H3. The molecule has 0 amide bonds. The molecule has 0 bridgehead atoms. The molecule has 0 aliphatic rings. The molecule has 0 aliphatic carbocycles. The Bertz CT molecular complexity index is 783. The lowest BCUT2D eigenvalue weighted by molar-refractivity contribution is 0.290. The third-order valence-corrected chi connectivity index (χ3v) is 4.24. The molecule has 2 aromatic rings. The number of nitrogens with one attached hydrogen (secondary N) is 1. The first-order valence-corrected chi connectivity index (χ1v) is 8.73. The van der Waals surface area contributed by atoms with E-state index in [1.807, 2.05) is 0 Å². The van der Waals surface area contributed by atoms with Crippen molar-refractivity contribution < 1.29 is 17.9 Å². The van der Waals surface area contributed by atoms with Crippen LogP contribution in [0, 0.1) is 0 Å². The van der Waals surface area contributed by atoms with Crippen molar-refractivity contribution in [3.8, 4) is 11.9 Å². The highest BCUT2D eigenvalue weighted by molar-refractivity contribution is 7.92. The minimum absolute atomic E-state index is 0.0290. The number of rotatable bonds is 7. The van der Waals surface area contributed by atoms with E-state index in [9.17, 15) is 8.42 Å². The lowest BCUT2D eigenvalue weighted by Gasteiger charge is -2.12. The molecular formula is C14H16ClN3O4S. The van der Waals surface area contributed by atoms with Gasteiger partial charge in [0.2, 0.25) is 5.88 Å². The maximum absolute atomic E-state index is 12.4. The van der Waals surface area contributed by atoms with Crippen LogP contribution in [0.1, 0.15) is 13.8 Å². The zero-order chi connectivity index (χ0) is 16.9. The fourth-order valence-corrected chi connectivity index (χ4v) is 3.05. The minimum Gasteiger partial charge on any atom is -0.476 e. The van der Waals surface area contributed by atoms with E-state index in [0.29, 0.717) is 18.2 Å². The van der Waals surface area contributed by atoms with E-state index in [0.717, 1.165) is 0 Å². The van der Waals surface area contributed by atoms with Gasteiger partial charge in [-0.1, -0.05) is 17.7 Å². The molecular weight excluding hydrogens is 342 g/mol. The molecule has 124 valence electrons. The van der Waals surface area contributed by atoms with Gasteiger partial charge < -0.3 is 9.47 Å². The molecule has 1 N–H and O–H groups in total. The van der Waals surface area contributed by atoms with Gasteiger partial charge in [-0.3, -0.25) is 4.72 Å². The van der Waals surface area contributed by atoms with Crippen LogP contribution in [0.25, 0.3) is 0 Å². The van der Waals surface area contributed by atoms with Gasteiger partial charge in [0, 0.05) is 5.02 Å². The summed E-state index contributed by atoms with van der Waals surface area (Å²) in [6, 6.07) is 6.03. The number of hydrogen-bond donors (Lipinski definition) is 1. The Hall–Kier alpha value is -2.06. The van der Waals surface area contributed by atoms with Crippen LogP contribution in [0.3, 0.4) is 0 Å². The molecule has 7 nitrogen and oxygen atoms in total. The second-order valence-electron chi connectivity index (χ2n) is 4.30. The SMILES string of the molecule is CCOc1ncc(NS(=O)(=O)c2cccc(Cl)c2)c(OCC)n1. The van der Waals surface area contributed by atoms with E-state index in [2.05, 4.69) is 14.7 Å². The first-order valence-electron chi connectivity index (χ1n) is 6.87. The summed E-state index contributed by atoms with van der Waals surface area (Å²) in [5, 5.41) is 0.320. The van der Waals surface area contributed by atoms with E-state index in [4.69, 9.17) is 21.1 Å². The van der Waals surface area contributed by atoms with Crippen molar-refractivity contribution >= 4 is 27.3 Å². The molecule has 0 spiro atoms. The van der Waals surface area contributed by atoms with E-state index in [1.54, 1.807) is 26.0 Å². The van der Waals surface area contributed by atoms with Gasteiger partial charge in [0.05, 0.1) is 24.3 Å². The van der Waals surface area contributed by atoms with Crippen LogP contribution < -0.4 is 14.2 Å². The number of benzene rings is 1. The average molecular weight is 358 g/mol. The van der Waals surface area contributed by atoms with Crippen LogP contribution in [0.2, 0.25) is 5.02 Å². The Kier molecular flexibility index (Phi) is 5.62. The lowest BCUT2D eigenvalue weighted by Crippen LogP contribution is -2.15. The molecule has 0 aliphatic heterocycles. The normalized spacial score (nSPS) is 11.1. The van der Waals surface area contributed by atoms with Gasteiger partial charge in [0.15, 0.2) is 0 Å². The molecule has 23 heavy (non-hydrogen) atoms. The first-order chi connectivity index (χ1) is 11.0. The molecule has 2 rings (SSSR count). The van der Waals surface area contributed by atoms with Crippen molar-refractivity contribution in [2.45, 2.75) is 18.7 Å². The molecule has 1 aromatic carbocycles. The number of anilines is 1. The zero-order valence-electron chi connectivity index (χ0n) is 12.6. The second kappa shape index (κ2) is 7.47. The third kappa shape index (κ3) is 4.46. The lowest BCUT2D eigenvalue weighted by atomic mass is 10.4. The molecule has 1 heterocycles. The maximum Gasteiger partial charge on any atom is 0.319 e. The topological polar surface area (TPSA) is 90.4 Å². The summed E-state index contributed by atoms with van der Waals surface area (Å²) >= 11 is 5.83. The van der Waals surface area contributed by atoms with Gasteiger partial charge in [0.1, 0.15) is 5.69 Å². The predicted molar refractivity (Wildman–Crippen MR) is 86.6 cm³/mol.